The minimum absolute atomic E-state index is 0.429. The molecule has 2 aromatic heterocycles. The number of amides is 1. The Morgan fingerprint density at radius 3 is 2.45 bits per heavy atom. The number of carbonyl (C=O) groups is 1. The van der Waals surface area contributed by atoms with E-state index in [1.165, 1.54) is 0 Å². The van der Waals surface area contributed by atoms with Gasteiger partial charge in [-0.25, -0.2) is 4.79 Å². The Bertz CT molecular complexity index is 1650. The smallest absolute Gasteiger partial charge is 0.408 e. The SMILES string of the molecule is COc1ccc(Cn2c(Cc3ccccc3)nnc2[C@@H](Cc2c[nH]c3ccccc23)NC(=O)OC(C)(C)C)c(OC)c1. The summed E-state index contributed by atoms with van der Waals surface area (Å²) in [7, 11) is 3.27. The van der Waals surface area contributed by atoms with Gasteiger partial charge in [0.2, 0.25) is 0 Å². The van der Waals surface area contributed by atoms with Crippen molar-refractivity contribution in [3.8, 4) is 11.5 Å². The van der Waals surface area contributed by atoms with Crippen molar-refractivity contribution in [1.82, 2.24) is 25.1 Å². The van der Waals surface area contributed by atoms with Gasteiger partial charge >= 0.3 is 6.09 Å². The van der Waals surface area contributed by atoms with Crippen LogP contribution in [0.2, 0.25) is 0 Å². The molecule has 2 N–H and O–H groups in total. The summed E-state index contributed by atoms with van der Waals surface area (Å²) in [6.07, 6.45) is 2.51. The van der Waals surface area contributed by atoms with Gasteiger partial charge in [0, 0.05) is 41.6 Å². The Kier molecular flexibility index (Phi) is 8.47. The first-order valence-corrected chi connectivity index (χ1v) is 14.0. The second kappa shape index (κ2) is 12.4. The van der Waals surface area contributed by atoms with Crippen molar-refractivity contribution >= 4 is 17.0 Å². The highest BCUT2D eigenvalue weighted by Crippen LogP contribution is 2.29. The van der Waals surface area contributed by atoms with E-state index in [0.717, 1.165) is 33.4 Å². The number of fused-ring (bicyclic) bond motifs is 1. The summed E-state index contributed by atoms with van der Waals surface area (Å²) in [5.74, 6) is 2.78. The molecule has 42 heavy (non-hydrogen) atoms. The van der Waals surface area contributed by atoms with Crippen molar-refractivity contribution in [2.75, 3.05) is 14.2 Å². The van der Waals surface area contributed by atoms with Crippen LogP contribution in [-0.4, -0.2) is 45.7 Å². The zero-order valence-electron chi connectivity index (χ0n) is 24.7. The summed E-state index contributed by atoms with van der Waals surface area (Å²) in [6, 6.07) is 23.4. The molecular weight excluding hydrogens is 530 g/mol. The molecule has 0 aliphatic heterocycles. The molecule has 5 rings (SSSR count). The lowest BCUT2D eigenvalue weighted by Crippen LogP contribution is -2.37. The van der Waals surface area contributed by atoms with Crippen molar-refractivity contribution in [3.63, 3.8) is 0 Å². The minimum Gasteiger partial charge on any atom is -0.497 e. The molecule has 0 aliphatic rings. The standard InChI is InChI=1S/C33H37N5O4/c1-33(2,3)42-32(39)35-28(18-24-20-34-27-14-10-9-13-26(24)27)31-37-36-30(17-22-11-7-6-8-12-22)38(31)21-23-15-16-25(40-4)19-29(23)41-5/h6-16,19-20,28,34H,17-18,21H2,1-5H3,(H,35,39)/t28-/m1/s1. The number of aromatic nitrogens is 4. The number of ether oxygens (including phenoxy) is 3. The van der Waals surface area contributed by atoms with Gasteiger partial charge in [-0.3, -0.25) is 0 Å². The average Bonchev–Trinajstić information content (AvgIpc) is 3.56. The van der Waals surface area contributed by atoms with Gasteiger partial charge in [0.1, 0.15) is 22.9 Å². The highest BCUT2D eigenvalue weighted by Gasteiger charge is 2.27. The molecular formula is C33H37N5O4. The van der Waals surface area contributed by atoms with Gasteiger partial charge in [0.05, 0.1) is 26.8 Å². The van der Waals surface area contributed by atoms with E-state index in [0.29, 0.717) is 36.7 Å². The van der Waals surface area contributed by atoms with Gasteiger partial charge in [0.15, 0.2) is 5.82 Å². The quantitative estimate of drug-likeness (QED) is 0.208. The molecule has 0 fully saturated rings. The highest BCUT2D eigenvalue weighted by atomic mass is 16.6. The number of benzene rings is 3. The lowest BCUT2D eigenvalue weighted by Gasteiger charge is -2.24. The van der Waals surface area contributed by atoms with Crippen LogP contribution in [0.25, 0.3) is 10.9 Å². The van der Waals surface area contributed by atoms with E-state index >= 15 is 0 Å². The summed E-state index contributed by atoms with van der Waals surface area (Å²) < 4.78 is 18.9. The van der Waals surface area contributed by atoms with Gasteiger partial charge in [0.25, 0.3) is 0 Å². The zero-order chi connectivity index (χ0) is 29.7. The van der Waals surface area contributed by atoms with Crippen LogP contribution in [0.4, 0.5) is 4.79 Å². The first-order valence-electron chi connectivity index (χ1n) is 14.0. The van der Waals surface area contributed by atoms with Crippen LogP contribution in [0.1, 0.15) is 55.2 Å². The van der Waals surface area contributed by atoms with Crippen molar-refractivity contribution in [2.24, 2.45) is 0 Å². The summed E-state index contributed by atoms with van der Waals surface area (Å²) in [6.45, 7) is 5.96. The number of alkyl carbamates (subject to hydrolysis) is 1. The fourth-order valence-electron chi connectivity index (χ4n) is 5.02. The Balaban J connectivity index is 1.58. The molecule has 0 saturated carbocycles. The van der Waals surface area contributed by atoms with Crippen LogP contribution >= 0.6 is 0 Å². The summed E-state index contributed by atoms with van der Waals surface area (Å²) in [5.41, 5.74) is 3.45. The summed E-state index contributed by atoms with van der Waals surface area (Å²) in [5, 5.41) is 13.5. The fourth-order valence-corrected chi connectivity index (χ4v) is 5.02. The number of nitrogens with zero attached hydrogens (tertiary/aromatic N) is 3. The number of aromatic amines is 1. The highest BCUT2D eigenvalue weighted by molar-refractivity contribution is 5.83. The lowest BCUT2D eigenvalue weighted by molar-refractivity contribution is 0.0500. The van der Waals surface area contributed by atoms with Crippen LogP contribution in [0.3, 0.4) is 0 Å². The third kappa shape index (κ3) is 6.74. The second-order valence-corrected chi connectivity index (χ2v) is 11.2. The molecule has 2 heterocycles. The maximum Gasteiger partial charge on any atom is 0.408 e. The van der Waals surface area contributed by atoms with Crippen LogP contribution in [0.5, 0.6) is 11.5 Å². The van der Waals surface area contributed by atoms with Crippen molar-refractivity contribution in [2.45, 2.75) is 51.8 Å². The number of hydrogen-bond acceptors (Lipinski definition) is 6. The predicted octanol–water partition coefficient (Wildman–Crippen LogP) is 6.22. The Morgan fingerprint density at radius 1 is 0.952 bits per heavy atom. The first kappa shape index (κ1) is 28.7. The molecule has 0 spiro atoms. The van der Waals surface area contributed by atoms with E-state index in [-0.39, 0.29) is 0 Å². The number of para-hydroxylation sites is 1. The topological polar surface area (TPSA) is 103 Å². The Morgan fingerprint density at radius 2 is 1.71 bits per heavy atom. The molecule has 3 aromatic carbocycles. The normalized spacial score (nSPS) is 12.2. The van der Waals surface area contributed by atoms with E-state index < -0.39 is 17.7 Å². The molecule has 1 atom stereocenters. The third-order valence-electron chi connectivity index (χ3n) is 6.99. The first-order chi connectivity index (χ1) is 20.2. The molecule has 0 bridgehead atoms. The fraction of sp³-hybridized carbons (Fsp3) is 0.303. The van der Waals surface area contributed by atoms with Gasteiger partial charge in [-0.15, -0.1) is 10.2 Å². The van der Waals surface area contributed by atoms with Crippen LogP contribution in [-0.2, 0) is 24.1 Å². The molecule has 218 valence electrons. The van der Waals surface area contributed by atoms with Crippen LogP contribution < -0.4 is 14.8 Å². The number of rotatable bonds is 10. The number of carbonyl (C=O) groups excluding carboxylic acids is 1. The van der Waals surface area contributed by atoms with Crippen LogP contribution in [0, 0.1) is 0 Å². The van der Waals surface area contributed by atoms with E-state index in [1.807, 2.05) is 81.6 Å². The van der Waals surface area contributed by atoms with E-state index in [4.69, 9.17) is 14.2 Å². The maximum absolute atomic E-state index is 13.1. The van der Waals surface area contributed by atoms with Gasteiger partial charge in [-0.05, 0) is 50.1 Å². The zero-order valence-corrected chi connectivity index (χ0v) is 24.7. The lowest BCUT2D eigenvalue weighted by atomic mass is 10.0. The van der Waals surface area contributed by atoms with Crippen molar-refractivity contribution < 1.29 is 19.0 Å². The third-order valence-corrected chi connectivity index (χ3v) is 6.99. The minimum atomic E-state index is -0.655. The van der Waals surface area contributed by atoms with E-state index in [1.54, 1.807) is 14.2 Å². The van der Waals surface area contributed by atoms with Gasteiger partial charge in [-0.1, -0.05) is 48.5 Å². The molecule has 1 amide bonds. The molecule has 9 nitrogen and oxygen atoms in total. The number of hydrogen-bond donors (Lipinski definition) is 2. The van der Waals surface area contributed by atoms with Gasteiger partial charge in [-0.2, -0.15) is 0 Å². The summed E-state index contributed by atoms with van der Waals surface area (Å²) in [4.78, 5) is 16.5. The largest absolute Gasteiger partial charge is 0.497 e. The molecule has 0 saturated heterocycles. The monoisotopic (exact) mass is 567 g/mol. The molecule has 9 heteroatoms. The number of nitrogens with one attached hydrogen (secondary N) is 2. The van der Waals surface area contributed by atoms with Gasteiger partial charge < -0.3 is 29.1 Å². The van der Waals surface area contributed by atoms with E-state index in [9.17, 15) is 4.79 Å². The van der Waals surface area contributed by atoms with Crippen molar-refractivity contribution in [3.05, 3.63) is 107 Å². The molecule has 0 aliphatic carbocycles. The Hall–Kier alpha value is -4.79. The Labute approximate surface area is 245 Å². The molecule has 5 aromatic rings. The van der Waals surface area contributed by atoms with Crippen molar-refractivity contribution in [1.29, 1.82) is 0 Å². The summed E-state index contributed by atoms with van der Waals surface area (Å²) >= 11 is 0. The predicted molar refractivity (Wildman–Crippen MR) is 162 cm³/mol. The molecule has 0 radical (unpaired) electrons. The molecule has 0 unspecified atom stereocenters. The average molecular weight is 568 g/mol. The second-order valence-electron chi connectivity index (χ2n) is 11.2. The van der Waals surface area contributed by atoms with E-state index in [2.05, 4.69) is 43.3 Å². The van der Waals surface area contributed by atoms with Crippen LogP contribution in [0.15, 0.2) is 79.0 Å². The number of H-pyrrole nitrogens is 1. The number of methoxy groups -OCH3 is 2. The maximum atomic E-state index is 13.1.